The second-order valence-corrected chi connectivity index (χ2v) is 5.16. The van der Waals surface area contributed by atoms with Crippen LogP contribution in [-0.2, 0) is 11.2 Å². The number of carbonyl (C=O) groups excluding carboxylic acids is 1. The number of hydrogen-bond donors (Lipinski definition) is 1. The molecule has 0 aliphatic carbocycles. The molecule has 0 unspecified atom stereocenters. The van der Waals surface area contributed by atoms with Crippen LogP contribution < -0.4 is 5.32 Å². The van der Waals surface area contributed by atoms with Crippen LogP contribution in [0.3, 0.4) is 0 Å². The second kappa shape index (κ2) is 7.17. The summed E-state index contributed by atoms with van der Waals surface area (Å²) in [7, 11) is 0. The third-order valence-electron chi connectivity index (χ3n) is 3.79. The first-order valence-electron chi connectivity index (χ1n) is 7.41. The zero-order valence-corrected chi connectivity index (χ0v) is 11.8. The van der Waals surface area contributed by atoms with Gasteiger partial charge in [0.15, 0.2) is 0 Å². The summed E-state index contributed by atoms with van der Waals surface area (Å²) < 4.78 is 0. The summed E-state index contributed by atoms with van der Waals surface area (Å²) in [5.41, 5.74) is 2.36. The average Bonchev–Trinajstić information content (AvgIpc) is 2.74. The van der Waals surface area contributed by atoms with Crippen molar-refractivity contribution in [2.24, 2.45) is 0 Å². The molecule has 1 heterocycles. The highest BCUT2D eigenvalue weighted by Gasteiger charge is 2.15. The van der Waals surface area contributed by atoms with Crippen LogP contribution in [0.5, 0.6) is 0 Å². The molecule has 1 fully saturated rings. The largest absolute Gasteiger partial charge is 0.376 e. The predicted molar refractivity (Wildman–Crippen MR) is 79.4 cm³/mol. The molecule has 1 aromatic carbocycles. The molecule has 0 saturated carbocycles. The minimum atomic E-state index is 0.229. The molecule has 1 aromatic rings. The summed E-state index contributed by atoms with van der Waals surface area (Å²) in [4.78, 5) is 14.2. The van der Waals surface area contributed by atoms with E-state index in [2.05, 4.69) is 24.4 Å². The molecule has 0 bridgehead atoms. The lowest BCUT2D eigenvalue weighted by Gasteiger charge is -2.21. The lowest BCUT2D eigenvalue weighted by molar-refractivity contribution is -0.129. The van der Waals surface area contributed by atoms with Gasteiger partial charge in [0, 0.05) is 18.8 Å². The van der Waals surface area contributed by atoms with Crippen LogP contribution in [-0.4, -0.2) is 30.4 Å². The number of likely N-dealkylation sites (tertiary alicyclic amines) is 1. The van der Waals surface area contributed by atoms with Crippen molar-refractivity contribution in [3.8, 4) is 0 Å². The lowest BCUT2D eigenvalue weighted by atomic mass is 10.1. The lowest BCUT2D eigenvalue weighted by Crippen LogP contribution is -2.36. The molecule has 0 aromatic heterocycles. The molecule has 0 spiro atoms. The SMILES string of the molecule is CCc1ccccc1NCC(=O)N1CCCCCC1. The molecule has 1 amide bonds. The number of carbonyl (C=O) groups is 1. The Bertz CT molecular complexity index is 409. The fourth-order valence-corrected chi connectivity index (χ4v) is 2.60. The first-order valence-corrected chi connectivity index (χ1v) is 7.41. The molecule has 104 valence electrons. The van der Waals surface area contributed by atoms with Crippen LogP contribution in [0.15, 0.2) is 24.3 Å². The van der Waals surface area contributed by atoms with E-state index in [-0.39, 0.29) is 5.91 Å². The smallest absolute Gasteiger partial charge is 0.241 e. The van der Waals surface area contributed by atoms with Gasteiger partial charge in [0.2, 0.25) is 5.91 Å². The van der Waals surface area contributed by atoms with Crippen LogP contribution in [0.2, 0.25) is 0 Å². The standard InChI is InChI=1S/C16H24N2O/c1-2-14-9-5-6-10-15(14)17-13-16(19)18-11-7-3-4-8-12-18/h5-6,9-10,17H,2-4,7-8,11-13H2,1H3. The second-order valence-electron chi connectivity index (χ2n) is 5.16. The third kappa shape index (κ3) is 3.98. The Balaban J connectivity index is 1.88. The minimum absolute atomic E-state index is 0.229. The van der Waals surface area contributed by atoms with E-state index in [1.165, 1.54) is 18.4 Å². The van der Waals surface area contributed by atoms with Gasteiger partial charge < -0.3 is 10.2 Å². The van der Waals surface area contributed by atoms with Crippen molar-refractivity contribution in [1.29, 1.82) is 0 Å². The van der Waals surface area contributed by atoms with Crippen LogP contribution in [0, 0.1) is 0 Å². The van der Waals surface area contributed by atoms with Crippen molar-refractivity contribution in [2.45, 2.75) is 39.0 Å². The molecule has 3 heteroatoms. The van der Waals surface area contributed by atoms with Crippen LogP contribution in [0.25, 0.3) is 0 Å². The monoisotopic (exact) mass is 260 g/mol. The Morgan fingerprint density at radius 2 is 1.84 bits per heavy atom. The van der Waals surface area contributed by atoms with Crippen molar-refractivity contribution in [1.82, 2.24) is 4.90 Å². The fraction of sp³-hybridized carbons (Fsp3) is 0.562. The van der Waals surface area contributed by atoms with E-state index in [4.69, 9.17) is 0 Å². The summed E-state index contributed by atoms with van der Waals surface area (Å²) in [6.07, 6.45) is 5.81. The fourth-order valence-electron chi connectivity index (χ4n) is 2.60. The number of rotatable bonds is 4. The highest BCUT2D eigenvalue weighted by Crippen LogP contribution is 2.15. The van der Waals surface area contributed by atoms with E-state index in [1.54, 1.807) is 0 Å². The maximum absolute atomic E-state index is 12.2. The van der Waals surface area contributed by atoms with E-state index >= 15 is 0 Å². The first-order chi connectivity index (χ1) is 9.31. The van der Waals surface area contributed by atoms with E-state index in [0.29, 0.717) is 6.54 Å². The highest BCUT2D eigenvalue weighted by atomic mass is 16.2. The molecule has 1 N–H and O–H groups in total. The number of aryl methyl sites for hydroxylation is 1. The van der Waals surface area contributed by atoms with Gasteiger partial charge in [-0.1, -0.05) is 38.0 Å². The molecular weight excluding hydrogens is 236 g/mol. The van der Waals surface area contributed by atoms with Gasteiger partial charge in [-0.3, -0.25) is 4.79 Å². The zero-order chi connectivity index (χ0) is 13.5. The molecule has 1 aliphatic rings. The van der Waals surface area contributed by atoms with Crippen molar-refractivity contribution in [2.75, 3.05) is 25.0 Å². The summed E-state index contributed by atoms with van der Waals surface area (Å²) >= 11 is 0. The van der Waals surface area contributed by atoms with Crippen molar-refractivity contribution >= 4 is 11.6 Å². The molecule has 0 atom stereocenters. The van der Waals surface area contributed by atoms with E-state index in [9.17, 15) is 4.79 Å². The number of benzene rings is 1. The van der Waals surface area contributed by atoms with Crippen LogP contribution in [0.4, 0.5) is 5.69 Å². The predicted octanol–water partition coefficient (Wildman–Crippen LogP) is 3.06. The van der Waals surface area contributed by atoms with Gasteiger partial charge >= 0.3 is 0 Å². The number of nitrogens with one attached hydrogen (secondary N) is 1. The Hall–Kier alpha value is -1.51. The maximum Gasteiger partial charge on any atom is 0.241 e. The van der Waals surface area contributed by atoms with E-state index < -0.39 is 0 Å². The number of amides is 1. The van der Waals surface area contributed by atoms with Crippen LogP contribution >= 0.6 is 0 Å². The molecule has 0 radical (unpaired) electrons. The molecule has 1 aliphatic heterocycles. The number of hydrogen-bond acceptors (Lipinski definition) is 2. The quantitative estimate of drug-likeness (QED) is 0.902. The van der Waals surface area contributed by atoms with Gasteiger partial charge in [-0.25, -0.2) is 0 Å². The number of nitrogens with zero attached hydrogens (tertiary/aromatic N) is 1. The first kappa shape index (κ1) is 13.9. The highest BCUT2D eigenvalue weighted by molar-refractivity contribution is 5.81. The van der Waals surface area contributed by atoms with Gasteiger partial charge in [-0.05, 0) is 30.9 Å². The van der Waals surface area contributed by atoms with Gasteiger partial charge in [0.05, 0.1) is 6.54 Å². The normalized spacial score (nSPS) is 15.9. The summed E-state index contributed by atoms with van der Waals surface area (Å²) in [5, 5.41) is 3.29. The Labute approximate surface area is 116 Å². The zero-order valence-electron chi connectivity index (χ0n) is 11.8. The summed E-state index contributed by atoms with van der Waals surface area (Å²) in [6, 6.07) is 8.21. The van der Waals surface area contributed by atoms with Crippen molar-refractivity contribution in [3.05, 3.63) is 29.8 Å². The Morgan fingerprint density at radius 3 is 2.53 bits per heavy atom. The Morgan fingerprint density at radius 1 is 1.16 bits per heavy atom. The minimum Gasteiger partial charge on any atom is -0.376 e. The molecule has 19 heavy (non-hydrogen) atoms. The topological polar surface area (TPSA) is 32.3 Å². The molecular formula is C16H24N2O. The van der Waals surface area contributed by atoms with Gasteiger partial charge in [-0.2, -0.15) is 0 Å². The van der Waals surface area contributed by atoms with Crippen LogP contribution in [0.1, 0.15) is 38.2 Å². The Kier molecular flexibility index (Phi) is 5.25. The maximum atomic E-state index is 12.2. The molecule has 1 saturated heterocycles. The van der Waals surface area contributed by atoms with E-state index in [1.807, 2.05) is 17.0 Å². The number of anilines is 1. The third-order valence-corrected chi connectivity index (χ3v) is 3.79. The summed E-state index contributed by atoms with van der Waals surface area (Å²) in [5.74, 6) is 0.229. The van der Waals surface area contributed by atoms with E-state index in [0.717, 1.165) is 38.0 Å². The van der Waals surface area contributed by atoms with Gasteiger partial charge in [-0.15, -0.1) is 0 Å². The van der Waals surface area contributed by atoms with Gasteiger partial charge in [0.25, 0.3) is 0 Å². The molecule has 3 nitrogen and oxygen atoms in total. The van der Waals surface area contributed by atoms with Gasteiger partial charge in [0.1, 0.15) is 0 Å². The average molecular weight is 260 g/mol. The summed E-state index contributed by atoms with van der Waals surface area (Å²) in [6.45, 7) is 4.40. The number of para-hydroxylation sites is 1. The van der Waals surface area contributed by atoms with Crippen molar-refractivity contribution < 1.29 is 4.79 Å². The molecule has 2 rings (SSSR count). The van der Waals surface area contributed by atoms with Crippen molar-refractivity contribution in [3.63, 3.8) is 0 Å².